The molecule has 0 amide bonds. The monoisotopic (exact) mass is 455 g/mol. The first-order chi connectivity index (χ1) is 16.0. The Hall–Kier alpha value is -3.31. The standard InChI is InChI=1S/C22H23F2N7O2/c1-32-20-19-17(14-3-8-30-15(10-14)2-6-25-30)4-9-31(19)28-21(27-20)26-18-5-7-29(13-22(18,23)24)16-11-33-12-16/h2-4,6,8-10,16,18H,5,7,11-13H2,1H3,(H,26,28)/t18-/m1/s1. The Balaban J connectivity index is 1.30. The molecule has 0 radical (unpaired) electrons. The maximum Gasteiger partial charge on any atom is 0.280 e. The van der Waals surface area contributed by atoms with Gasteiger partial charge in [-0.3, -0.25) is 4.90 Å². The molecule has 2 aliphatic heterocycles. The van der Waals surface area contributed by atoms with Crippen molar-refractivity contribution in [3.8, 4) is 17.0 Å². The van der Waals surface area contributed by atoms with Crippen LogP contribution < -0.4 is 10.1 Å². The van der Waals surface area contributed by atoms with E-state index in [4.69, 9.17) is 9.47 Å². The SMILES string of the molecule is COc1nc(N[C@@H]2CCN(C3COC3)CC2(F)F)nn2ccc(-c3ccn4nccc4c3)c12. The van der Waals surface area contributed by atoms with Crippen molar-refractivity contribution in [3.63, 3.8) is 0 Å². The molecule has 4 aromatic heterocycles. The number of likely N-dealkylation sites (tertiary alicyclic amines) is 1. The van der Waals surface area contributed by atoms with E-state index in [2.05, 4.69) is 20.5 Å². The number of alkyl halides is 2. The zero-order chi connectivity index (χ0) is 22.6. The van der Waals surface area contributed by atoms with Crippen molar-refractivity contribution in [1.82, 2.24) is 29.1 Å². The van der Waals surface area contributed by atoms with Gasteiger partial charge in [0.15, 0.2) is 0 Å². The first-order valence-corrected chi connectivity index (χ1v) is 10.8. The summed E-state index contributed by atoms with van der Waals surface area (Å²) >= 11 is 0. The number of pyridine rings is 1. The third-order valence-corrected chi connectivity index (χ3v) is 6.45. The summed E-state index contributed by atoms with van der Waals surface area (Å²) in [5.74, 6) is -2.49. The molecule has 0 spiro atoms. The largest absolute Gasteiger partial charge is 0.479 e. The second-order valence-electron chi connectivity index (χ2n) is 8.49. The Labute approximate surface area is 187 Å². The molecular formula is C22H23F2N7O2. The van der Waals surface area contributed by atoms with Gasteiger partial charge in [0.05, 0.1) is 44.5 Å². The third kappa shape index (κ3) is 3.47. The summed E-state index contributed by atoms with van der Waals surface area (Å²) in [4.78, 5) is 6.23. The summed E-state index contributed by atoms with van der Waals surface area (Å²) in [7, 11) is 1.51. The number of methoxy groups -OCH3 is 1. The summed E-state index contributed by atoms with van der Waals surface area (Å²) in [6, 6.07) is 6.81. The minimum atomic E-state index is -2.91. The first kappa shape index (κ1) is 20.3. The molecule has 0 aromatic carbocycles. The summed E-state index contributed by atoms with van der Waals surface area (Å²) in [5.41, 5.74) is 3.45. The Bertz CT molecular complexity index is 1320. The molecule has 6 rings (SSSR count). The lowest BCUT2D eigenvalue weighted by Crippen LogP contribution is -2.61. The molecule has 172 valence electrons. The topological polar surface area (TPSA) is 81.2 Å². The molecule has 0 saturated carbocycles. The van der Waals surface area contributed by atoms with Gasteiger partial charge in [-0.05, 0) is 36.2 Å². The lowest BCUT2D eigenvalue weighted by molar-refractivity contribution is -0.131. The van der Waals surface area contributed by atoms with Gasteiger partial charge in [0, 0.05) is 30.7 Å². The zero-order valence-corrected chi connectivity index (χ0v) is 18.0. The van der Waals surface area contributed by atoms with Gasteiger partial charge in [-0.25, -0.2) is 17.8 Å². The number of halogens is 2. The van der Waals surface area contributed by atoms with Gasteiger partial charge in [-0.15, -0.1) is 5.10 Å². The fourth-order valence-electron chi connectivity index (χ4n) is 4.56. The van der Waals surface area contributed by atoms with Crippen LogP contribution in [0.4, 0.5) is 14.7 Å². The molecule has 0 unspecified atom stereocenters. The number of hydrogen-bond donors (Lipinski definition) is 1. The van der Waals surface area contributed by atoms with Crippen molar-refractivity contribution in [2.75, 3.05) is 38.7 Å². The quantitative estimate of drug-likeness (QED) is 0.495. The molecule has 2 fully saturated rings. The van der Waals surface area contributed by atoms with Crippen LogP contribution in [0.15, 0.2) is 42.9 Å². The number of nitrogens with zero attached hydrogens (tertiary/aromatic N) is 6. The Morgan fingerprint density at radius 3 is 2.79 bits per heavy atom. The van der Waals surface area contributed by atoms with E-state index < -0.39 is 12.0 Å². The number of hydrogen-bond acceptors (Lipinski definition) is 7. The molecule has 1 atom stereocenters. The Morgan fingerprint density at radius 2 is 2.03 bits per heavy atom. The van der Waals surface area contributed by atoms with Gasteiger partial charge in [0.1, 0.15) is 5.52 Å². The van der Waals surface area contributed by atoms with Crippen LogP contribution in [0.3, 0.4) is 0 Å². The van der Waals surface area contributed by atoms with Crippen LogP contribution in [0.5, 0.6) is 5.88 Å². The van der Waals surface area contributed by atoms with Crippen molar-refractivity contribution in [2.24, 2.45) is 0 Å². The van der Waals surface area contributed by atoms with Crippen molar-refractivity contribution in [3.05, 3.63) is 42.9 Å². The average molecular weight is 455 g/mol. The lowest BCUT2D eigenvalue weighted by atomic mass is 9.98. The number of rotatable bonds is 5. The predicted octanol–water partition coefficient (Wildman–Crippen LogP) is 2.57. The number of anilines is 1. The van der Waals surface area contributed by atoms with Crippen LogP contribution in [0.2, 0.25) is 0 Å². The van der Waals surface area contributed by atoms with E-state index in [1.807, 2.05) is 35.4 Å². The van der Waals surface area contributed by atoms with E-state index in [0.717, 1.165) is 16.6 Å². The molecule has 0 bridgehead atoms. The minimum Gasteiger partial charge on any atom is -0.479 e. The molecule has 11 heteroatoms. The number of nitrogens with one attached hydrogen (secondary N) is 1. The number of fused-ring (bicyclic) bond motifs is 2. The van der Waals surface area contributed by atoms with Gasteiger partial charge < -0.3 is 14.8 Å². The molecule has 0 aliphatic carbocycles. The van der Waals surface area contributed by atoms with Crippen molar-refractivity contribution >= 4 is 17.0 Å². The van der Waals surface area contributed by atoms with Crippen LogP contribution in [-0.2, 0) is 4.74 Å². The summed E-state index contributed by atoms with van der Waals surface area (Å²) < 4.78 is 43.9. The highest BCUT2D eigenvalue weighted by Gasteiger charge is 2.47. The van der Waals surface area contributed by atoms with Crippen LogP contribution in [-0.4, -0.2) is 80.5 Å². The van der Waals surface area contributed by atoms with Crippen molar-refractivity contribution in [1.29, 1.82) is 0 Å². The highest BCUT2D eigenvalue weighted by Crippen LogP contribution is 2.34. The van der Waals surface area contributed by atoms with Crippen molar-refractivity contribution in [2.45, 2.75) is 24.4 Å². The third-order valence-electron chi connectivity index (χ3n) is 6.45. The number of aromatic nitrogens is 5. The second kappa shape index (κ2) is 7.63. The highest BCUT2D eigenvalue weighted by molar-refractivity contribution is 5.85. The Kier molecular flexibility index (Phi) is 4.70. The zero-order valence-electron chi connectivity index (χ0n) is 18.0. The second-order valence-corrected chi connectivity index (χ2v) is 8.49. The van der Waals surface area contributed by atoms with E-state index in [1.165, 1.54) is 7.11 Å². The molecule has 33 heavy (non-hydrogen) atoms. The van der Waals surface area contributed by atoms with E-state index in [0.29, 0.717) is 31.2 Å². The Morgan fingerprint density at radius 1 is 1.18 bits per heavy atom. The fraction of sp³-hybridized carbons (Fsp3) is 0.409. The lowest BCUT2D eigenvalue weighted by Gasteiger charge is -2.44. The molecule has 4 aromatic rings. The van der Waals surface area contributed by atoms with Gasteiger partial charge >= 0.3 is 0 Å². The summed E-state index contributed by atoms with van der Waals surface area (Å²) in [6.07, 6.45) is 5.67. The average Bonchev–Trinajstić information content (AvgIpc) is 3.39. The van der Waals surface area contributed by atoms with Gasteiger partial charge in [-0.2, -0.15) is 10.1 Å². The maximum atomic E-state index is 14.9. The normalized spacial score (nSPS) is 21.4. The number of piperidine rings is 1. The smallest absolute Gasteiger partial charge is 0.280 e. The fourth-order valence-corrected chi connectivity index (χ4v) is 4.56. The van der Waals surface area contributed by atoms with Crippen LogP contribution in [0.25, 0.3) is 22.2 Å². The molecule has 2 saturated heterocycles. The maximum absolute atomic E-state index is 14.9. The van der Waals surface area contributed by atoms with Crippen molar-refractivity contribution < 1.29 is 18.3 Å². The van der Waals surface area contributed by atoms with Gasteiger partial charge in [0.25, 0.3) is 5.92 Å². The summed E-state index contributed by atoms with van der Waals surface area (Å²) in [6.45, 7) is 1.32. The molecule has 2 aliphatic rings. The van der Waals surface area contributed by atoms with Crippen LogP contribution in [0, 0.1) is 0 Å². The van der Waals surface area contributed by atoms with E-state index in [1.54, 1.807) is 21.4 Å². The van der Waals surface area contributed by atoms with E-state index in [-0.39, 0.29) is 25.0 Å². The van der Waals surface area contributed by atoms with Crippen LogP contribution in [0.1, 0.15) is 6.42 Å². The minimum absolute atomic E-state index is 0.0876. The van der Waals surface area contributed by atoms with E-state index >= 15 is 0 Å². The van der Waals surface area contributed by atoms with Gasteiger partial charge in [-0.1, -0.05) is 0 Å². The predicted molar refractivity (Wildman–Crippen MR) is 117 cm³/mol. The number of ether oxygens (including phenoxy) is 2. The summed E-state index contributed by atoms with van der Waals surface area (Å²) in [5, 5.41) is 11.5. The van der Waals surface area contributed by atoms with E-state index in [9.17, 15) is 8.78 Å². The molecule has 9 nitrogen and oxygen atoms in total. The highest BCUT2D eigenvalue weighted by atomic mass is 19.3. The first-order valence-electron chi connectivity index (χ1n) is 10.8. The van der Waals surface area contributed by atoms with Gasteiger partial charge in [0.2, 0.25) is 11.8 Å². The molecule has 1 N–H and O–H groups in total. The molecule has 6 heterocycles. The van der Waals surface area contributed by atoms with Crippen LogP contribution >= 0.6 is 0 Å². The molecular weight excluding hydrogens is 432 g/mol.